The van der Waals surface area contributed by atoms with Crippen LogP contribution in [0.25, 0.3) is 11.2 Å². The van der Waals surface area contributed by atoms with Crippen molar-refractivity contribution in [2.75, 3.05) is 25.1 Å². The molecule has 7 N–H and O–H groups in total. The maximum Gasteiger partial charge on any atom is 0.274 e. The molecular weight excluding hydrogens is 758 g/mol. The number of amides is 1. The van der Waals surface area contributed by atoms with E-state index in [1.807, 2.05) is 0 Å². The zero-order chi connectivity index (χ0) is 38.8. The molecule has 0 radical (unpaired) electrons. The molecule has 2 fully saturated rings. The summed E-state index contributed by atoms with van der Waals surface area (Å²) in [7, 11) is -11.4. The summed E-state index contributed by atoms with van der Waals surface area (Å²) in [5, 5.41) is 53.5. The van der Waals surface area contributed by atoms with Gasteiger partial charge < -0.3 is 59.8 Å². The Morgan fingerprint density at radius 3 is 2.31 bits per heavy atom. The minimum atomic E-state index is -5.71. The number of carbonyl (C=O) groups is 1. The Kier molecular flexibility index (Phi) is 11.9. The van der Waals surface area contributed by atoms with Crippen LogP contribution >= 0.6 is 15.6 Å². The molecular formula is C30H36N8O14P2-2. The molecule has 1 amide bonds. The van der Waals surface area contributed by atoms with Crippen LogP contribution in [-0.2, 0) is 38.4 Å². The van der Waals surface area contributed by atoms with Crippen LogP contribution in [0.2, 0.25) is 0 Å². The highest BCUT2D eigenvalue weighted by molar-refractivity contribution is 7.59. The summed E-state index contributed by atoms with van der Waals surface area (Å²) in [6, 6.07) is 6.11. The SMILES string of the molecule is C#CCCC1(CCNc2ncnc3c2ncn3[C@H]2O[C@@H](COP(=O)([O-])OP(=O)([O-])OC[C@H]3O[C@@H](Cc4cccc(C(N)=O)c4)C(O)[C@H]3O)C(O)[C@H]2O)N=N1. The van der Waals surface area contributed by atoms with Gasteiger partial charge in [0.15, 0.2) is 28.9 Å². The Morgan fingerprint density at radius 1 is 0.981 bits per heavy atom. The van der Waals surface area contributed by atoms with Gasteiger partial charge in [-0.2, -0.15) is 10.2 Å². The van der Waals surface area contributed by atoms with E-state index < -0.39 is 89.4 Å². The van der Waals surface area contributed by atoms with Gasteiger partial charge in [-0.05, 0) is 17.7 Å². The number of aliphatic hydroxyl groups excluding tert-OH is 4. The third kappa shape index (κ3) is 9.18. The maximum absolute atomic E-state index is 12.5. The van der Waals surface area contributed by atoms with Gasteiger partial charge in [-0.15, -0.1) is 12.3 Å². The number of nitrogens with one attached hydrogen (secondary N) is 1. The number of phosphoric ester groups is 2. The Bertz CT molecular complexity index is 2010. The number of hydrogen-bond acceptors (Lipinski definition) is 20. The van der Waals surface area contributed by atoms with E-state index in [0.717, 1.165) is 0 Å². The van der Waals surface area contributed by atoms with Crippen LogP contribution in [-0.4, -0.2) is 114 Å². The number of carbonyl (C=O) groups excluding carboxylic acids is 1. The molecule has 0 bridgehead atoms. The number of ether oxygens (including phenoxy) is 2. The van der Waals surface area contributed by atoms with E-state index in [4.69, 9.17) is 21.6 Å². The smallest absolute Gasteiger partial charge is 0.274 e. The van der Waals surface area contributed by atoms with Crippen molar-refractivity contribution in [2.24, 2.45) is 16.0 Å². The van der Waals surface area contributed by atoms with E-state index in [1.165, 1.54) is 29.4 Å². The molecule has 0 saturated carbocycles. The summed E-state index contributed by atoms with van der Waals surface area (Å²) in [5.74, 6) is 2.23. The van der Waals surface area contributed by atoms with Crippen molar-refractivity contribution in [3.05, 3.63) is 48.0 Å². The summed E-state index contributed by atoms with van der Waals surface area (Å²) >= 11 is 0. The number of anilines is 1. The largest absolute Gasteiger partial charge is 0.756 e. The molecule has 5 heterocycles. The van der Waals surface area contributed by atoms with Gasteiger partial charge in [-0.1, -0.05) is 12.1 Å². The number of terminal acetylenes is 1. The Morgan fingerprint density at radius 2 is 1.65 bits per heavy atom. The van der Waals surface area contributed by atoms with Crippen LogP contribution in [0.3, 0.4) is 0 Å². The van der Waals surface area contributed by atoms with Crippen LogP contribution in [0, 0.1) is 12.3 Å². The zero-order valence-corrected chi connectivity index (χ0v) is 29.9. The highest BCUT2D eigenvalue weighted by Crippen LogP contribution is 2.56. The molecule has 292 valence electrons. The molecule has 54 heavy (non-hydrogen) atoms. The summed E-state index contributed by atoms with van der Waals surface area (Å²) < 4.78 is 50.8. The van der Waals surface area contributed by atoms with Crippen molar-refractivity contribution in [3.63, 3.8) is 0 Å². The lowest BCUT2D eigenvalue weighted by atomic mass is 10.00. The van der Waals surface area contributed by atoms with Crippen molar-refractivity contribution in [1.29, 1.82) is 0 Å². The Balaban J connectivity index is 0.997. The van der Waals surface area contributed by atoms with Crippen LogP contribution in [0.4, 0.5) is 5.82 Å². The number of rotatable bonds is 18. The lowest BCUT2D eigenvalue weighted by Crippen LogP contribution is -2.35. The normalized spacial score (nSPS) is 29.4. The van der Waals surface area contributed by atoms with E-state index in [9.17, 15) is 44.1 Å². The first-order chi connectivity index (χ1) is 25.6. The number of nitrogens with two attached hydrogens (primary N) is 1. The molecule has 6 rings (SSSR count). The summed E-state index contributed by atoms with van der Waals surface area (Å²) in [5.41, 5.74) is 5.97. The molecule has 3 aromatic rings. The highest BCUT2D eigenvalue weighted by atomic mass is 31.3. The van der Waals surface area contributed by atoms with Gasteiger partial charge in [-0.25, -0.2) is 19.3 Å². The molecule has 1 aromatic carbocycles. The molecule has 22 nitrogen and oxygen atoms in total. The van der Waals surface area contributed by atoms with E-state index in [-0.39, 0.29) is 17.6 Å². The monoisotopic (exact) mass is 794 g/mol. The fourth-order valence-electron chi connectivity index (χ4n) is 6.03. The molecule has 0 aliphatic carbocycles. The number of benzene rings is 1. The number of hydrogen-bond donors (Lipinski definition) is 6. The predicted molar refractivity (Wildman–Crippen MR) is 178 cm³/mol. The minimum Gasteiger partial charge on any atom is -0.756 e. The fourth-order valence-corrected chi connectivity index (χ4v) is 8.04. The Labute approximate surface area is 306 Å². The van der Waals surface area contributed by atoms with Crippen LogP contribution < -0.4 is 20.8 Å². The van der Waals surface area contributed by atoms with Gasteiger partial charge in [0, 0.05) is 37.8 Å². The van der Waals surface area contributed by atoms with Crippen molar-refractivity contribution in [1.82, 2.24) is 19.5 Å². The number of imidazole rings is 1. The third-order valence-electron chi connectivity index (χ3n) is 8.94. The second kappa shape index (κ2) is 16.1. The van der Waals surface area contributed by atoms with Crippen molar-refractivity contribution in [3.8, 4) is 12.3 Å². The molecule has 2 aromatic heterocycles. The van der Waals surface area contributed by atoms with Crippen molar-refractivity contribution < 1.29 is 67.0 Å². The fraction of sp³-hybridized carbons (Fsp3) is 0.533. The van der Waals surface area contributed by atoms with Gasteiger partial charge in [0.2, 0.25) is 5.91 Å². The zero-order valence-electron chi connectivity index (χ0n) is 28.1. The summed E-state index contributed by atoms with van der Waals surface area (Å²) in [4.78, 5) is 49.1. The number of aromatic nitrogens is 4. The molecule has 0 spiro atoms. The lowest BCUT2D eigenvalue weighted by Gasteiger charge is -2.32. The molecule has 2 saturated heterocycles. The first-order valence-corrected chi connectivity index (χ1v) is 19.4. The van der Waals surface area contributed by atoms with Crippen LogP contribution in [0.1, 0.15) is 41.4 Å². The first kappa shape index (κ1) is 39.9. The minimum absolute atomic E-state index is 0.00211. The van der Waals surface area contributed by atoms with E-state index in [2.05, 4.69) is 49.8 Å². The maximum atomic E-state index is 12.5. The second-order valence-electron chi connectivity index (χ2n) is 12.7. The lowest BCUT2D eigenvalue weighted by molar-refractivity contribution is -0.246. The average molecular weight is 795 g/mol. The molecule has 3 aliphatic heterocycles. The summed E-state index contributed by atoms with van der Waals surface area (Å²) in [6.07, 6.45) is -2.25. The number of primary amides is 1. The Hall–Kier alpha value is -3.78. The number of nitrogens with zero attached hydrogens (tertiary/aromatic N) is 6. The van der Waals surface area contributed by atoms with E-state index in [0.29, 0.717) is 42.7 Å². The van der Waals surface area contributed by atoms with Crippen LogP contribution in [0.5, 0.6) is 0 Å². The van der Waals surface area contributed by atoms with Gasteiger partial charge in [0.05, 0.1) is 25.6 Å². The highest BCUT2D eigenvalue weighted by Gasteiger charge is 2.46. The third-order valence-corrected chi connectivity index (χ3v) is 11.5. The van der Waals surface area contributed by atoms with Crippen molar-refractivity contribution >= 4 is 38.5 Å². The molecule has 4 unspecified atom stereocenters. The standard InChI is InChI=1S/C30H38N8O14P2/c1-2-3-7-30(36-37-30)8-9-32-27-21-28(34-14-33-27)38(15-35-21)29-25(42)24(41)20(51-29)13-49-54(46,47)52-53(44,45)48-12-19-23(40)22(39)18(50-19)11-16-5-4-6-17(10-16)26(31)43/h1,4-6,10,14-15,18-20,22-25,29,39-42H,3,7-9,11-13H2,(H2,31,43)(H,44,45)(H,46,47)(H,32,33,34)/p-2/t18-,19+,20-,22?,23-,24?,25+,29-/m0/s1. The summed E-state index contributed by atoms with van der Waals surface area (Å²) in [6.45, 7) is -1.52. The van der Waals surface area contributed by atoms with Crippen LogP contribution in [0.15, 0.2) is 47.1 Å². The molecule has 10 atom stereocenters. The van der Waals surface area contributed by atoms with Crippen molar-refractivity contribution in [2.45, 2.75) is 80.3 Å². The first-order valence-electron chi connectivity index (χ1n) is 16.4. The van der Waals surface area contributed by atoms with Gasteiger partial charge >= 0.3 is 0 Å². The van der Waals surface area contributed by atoms with Gasteiger partial charge in [-0.3, -0.25) is 18.5 Å². The topological polar surface area (TPSA) is 331 Å². The number of phosphoric acid groups is 2. The van der Waals surface area contributed by atoms with E-state index >= 15 is 0 Å². The van der Waals surface area contributed by atoms with Gasteiger partial charge in [0.1, 0.15) is 43.0 Å². The molecule has 3 aliphatic rings. The number of aliphatic hydroxyl groups is 4. The second-order valence-corrected chi connectivity index (χ2v) is 15.6. The van der Waals surface area contributed by atoms with Gasteiger partial charge in [0.25, 0.3) is 15.6 Å². The number of fused-ring (bicyclic) bond motifs is 1. The predicted octanol–water partition coefficient (Wildman–Crippen LogP) is -1.36. The average Bonchev–Trinajstić information content (AvgIpc) is 3.55. The molecule has 24 heteroatoms. The van der Waals surface area contributed by atoms with E-state index in [1.54, 1.807) is 12.1 Å². The quantitative estimate of drug-likeness (QED) is 0.0640.